The van der Waals surface area contributed by atoms with E-state index in [1.54, 1.807) is 13.0 Å². The first-order valence-electron chi connectivity index (χ1n) is 8.61. The average Bonchev–Trinajstić information content (AvgIpc) is 3.32. The Morgan fingerprint density at radius 1 is 0.967 bits per heavy atom. The van der Waals surface area contributed by atoms with E-state index in [1.165, 1.54) is 25.6 Å². The Morgan fingerprint density at radius 2 is 1.67 bits per heavy atom. The number of amides is 1. The number of anilines is 1. The highest BCUT2D eigenvalue weighted by Gasteiger charge is 2.27. The van der Waals surface area contributed by atoms with Gasteiger partial charge in [-0.15, -0.1) is 22.7 Å². The second kappa shape index (κ2) is 9.06. The molecule has 1 amide bonds. The quantitative estimate of drug-likeness (QED) is 0.454. The molecule has 0 fully saturated rings. The summed E-state index contributed by atoms with van der Waals surface area (Å²) >= 11 is 2.14. The summed E-state index contributed by atoms with van der Waals surface area (Å²) in [6, 6.07) is 9.19. The van der Waals surface area contributed by atoms with Crippen LogP contribution in [0.25, 0.3) is 10.1 Å². The lowest BCUT2D eigenvalue weighted by Crippen LogP contribution is -2.21. The van der Waals surface area contributed by atoms with Crippen LogP contribution in [0.5, 0.6) is 0 Å². The molecule has 0 saturated heterocycles. The lowest BCUT2D eigenvalue weighted by atomic mass is 10.1. The molecule has 0 aliphatic rings. The summed E-state index contributed by atoms with van der Waals surface area (Å²) in [6.45, 7) is 0.990. The summed E-state index contributed by atoms with van der Waals surface area (Å²) in [5.41, 5.74) is 0.378. The summed E-state index contributed by atoms with van der Waals surface area (Å²) in [5, 5.41) is 3.52. The fraction of sp³-hybridized carbons (Fsp3) is 0.200. The zero-order valence-corrected chi connectivity index (χ0v) is 17.9. The molecule has 2 heterocycles. The van der Waals surface area contributed by atoms with E-state index in [0.717, 1.165) is 21.4 Å². The van der Waals surface area contributed by atoms with Crippen molar-refractivity contribution in [3.8, 4) is 0 Å². The van der Waals surface area contributed by atoms with E-state index >= 15 is 0 Å². The van der Waals surface area contributed by atoms with Crippen LogP contribution in [-0.2, 0) is 19.0 Å². The fourth-order valence-electron chi connectivity index (χ4n) is 2.68. The Kier molecular flexibility index (Phi) is 6.48. The highest BCUT2D eigenvalue weighted by Crippen LogP contribution is 2.34. The molecular formula is C20H17NO7S2. The molecule has 2 aromatic heterocycles. The zero-order valence-electron chi connectivity index (χ0n) is 16.3. The Morgan fingerprint density at radius 3 is 2.33 bits per heavy atom. The van der Waals surface area contributed by atoms with Gasteiger partial charge in [0.2, 0.25) is 0 Å². The van der Waals surface area contributed by atoms with E-state index in [2.05, 4.69) is 5.32 Å². The molecule has 0 saturated carbocycles. The number of hydrogen-bond donors (Lipinski definition) is 1. The van der Waals surface area contributed by atoms with Crippen molar-refractivity contribution in [2.24, 2.45) is 0 Å². The minimum atomic E-state index is -0.712. The maximum absolute atomic E-state index is 12.3. The van der Waals surface area contributed by atoms with Crippen LogP contribution in [0, 0.1) is 6.92 Å². The van der Waals surface area contributed by atoms with Gasteiger partial charge < -0.3 is 19.5 Å². The van der Waals surface area contributed by atoms with Gasteiger partial charge >= 0.3 is 17.9 Å². The Bertz CT molecular complexity index is 1110. The SMILES string of the molecule is COC(=O)c1sc(NC(=O)COC(=O)c2cc3ccccc3s2)c(C(=O)OC)c1C. The Balaban J connectivity index is 1.71. The zero-order chi connectivity index (χ0) is 21.8. The van der Waals surface area contributed by atoms with Crippen LogP contribution in [0.15, 0.2) is 30.3 Å². The molecule has 30 heavy (non-hydrogen) atoms. The first kappa shape index (κ1) is 21.5. The monoisotopic (exact) mass is 447 g/mol. The van der Waals surface area contributed by atoms with Gasteiger partial charge in [0.25, 0.3) is 5.91 Å². The van der Waals surface area contributed by atoms with Gasteiger partial charge in [-0.1, -0.05) is 18.2 Å². The van der Waals surface area contributed by atoms with Gasteiger partial charge in [-0.05, 0) is 30.0 Å². The van der Waals surface area contributed by atoms with E-state index < -0.39 is 30.4 Å². The number of rotatable bonds is 6. The third-order valence-electron chi connectivity index (χ3n) is 4.12. The third-order valence-corrected chi connectivity index (χ3v) is 6.40. The standard InChI is InChI=1S/C20H17NO7S2/c1-10-15(19(24)26-2)17(30-16(10)20(25)27-3)21-14(22)9-28-18(23)13-8-11-6-4-5-7-12(11)29-13/h4-8H,9H2,1-3H3,(H,21,22). The van der Waals surface area contributed by atoms with Crippen LogP contribution in [-0.4, -0.2) is 44.6 Å². The van der Waals surface area contributed by atoms with Crippen LogP contribution >= 0.6 is 22.7 Å². The van der Waals surface area contributed by atoms with Gasteiger partial charge in [-0.25, -0.2) is 14.4 Å². The number of carbonyl (C=O) groups is 4. The molecule has 3 rings (SSSR count). The van der Waals surface area contributed by atoms with Crippen molar-refractivity contribution in [3.05, 3.63) is 51.2 Å². The van der Waals surface area contributed by atoms with Gasteiger partial charge in [0.1, 0.15) is 14.8 Å². The van der Waals surface area contributed by atoms with Crippen LogP contribution in [0.4, 0.5) is 5.00 Å². The fourth-order valence-corrected chi connectivity index (χ4v) is 4.77. The number of hydrogen-bond acceptors (Lipinski definition) is 9. The molecule has 0 aliphatic carbocycles. The van der Waals surface area contributed by atoms with Crippen molar-refractivity contribution < 1.29 is 33.4 Å². The van der Waals surface area contributed by atoms with Gasteiger partial charge in [0, 0.05) is 4.70 Å². The topological polar surface area (TPSA) is 108 Å². The number of nitrogens with one attached hydrogen (secondary N) is 1. The predicted molar refractivity (Wildman–Crippen MR) is 112 cm³/mol. The van der Waals surface area contributed by atoms with Gasteiger partial charge in [0.15, 0.2) is 6.61 Å². The normalized spacial score (nSPS) is 10.5. The Hall–Kier alpha value is -3.24. The molecule has 3 aromatic rings. The van der Waals surface area contributed by atoms with E-state index in [4.69, 9.17) is 14.2 Å². The highest BCUT2D eigenvalue weighted by molar-refractivity contribution is 7.20. The molecular weight excluding hydrogens is 430 g/mol. The predicted octanol–water partition coefficient (Wildman–Crippen LogP) is 3.64. The van der Waals surface area contributed by atoms with Crippen molar-refractivity contribution >= 4 is 61.6 Å². The minimum Gasteiger partial charge on any atom is -0.465 e. The number of esters is 3. The summed E-state index contributed by atoms with van der Waals surface area (Å²) in [7, 11) is 2.40. The summed E-state index contributed by atoms with van der Waals surface area (Å²) in [5.74, 6) is -2.64. The average molecular weight is 447 g/mol. The second-order valence-electron chi connectivity index (χ2n) is 6.02. The van der Waals surface area contributed by atoms with Crippen molar-refractivity contribution in [2.75, 3.05) is 26.1 Å². The molecule has 156 valence electrons. The first-order chi connectivity index (χ1) is 14.3. The van der Waals surface area contributed by atoms with E-state index in [1.807, 2.05) is 24.3 Å². The molecule has 0 bridgehead atoms. The number of fused-ring (bicyclic) bond motifs is 1. The van der Waals surface area contributed by atoms with E-state index in [9.17, 15) is 19.2 Å². The van der Waals surface area contributed by atoms with Crippen molar-refractivity contribution in [1.82, 2.24) is 0 Å². The maximum atomic E-state index is 12.3. The lowest BCUT2D eigenvalue weighted by molar-refractivity contribution is -0.119. The second-order valence-corrected chi connectivity index (χ2v) is 8.12. The maximum Gasteiger partial charge on any atom is 0.348 e. The summed E-state index contributed by atoms with van der Waals surface area (Å²) in [6.07, 6.45) is 0. The Labute approximate surface area is 179 Å². The molecule has 1 aromatic carbocycles. The van der Waals surface area contributed by atoms with Gasteiger partial charge in [-0.2, -0.15) is 0 Å². The number of ether oxygens (including phenoxy) is 3. The van der Waals surface area contributed by atoms with Gasteiger partial charge in [-0.3, -0.25) is 4.79 Å². The molecule has 0 aliphatic heterocycles. The van der Waals surface area contributed by atoms with Crippen LogP contribution < -0.4 is 5.32 Å². The van der Waals surface area contributed by atoms with Crippen molar-refractivity contribution in [1.29, 1.82) is 0 Å². The number of thiophene rings is 2. The summed E-state index contributed by atoms with van der Waals surface area (Å²) in [4.78, 5) is 49.1. The minimum absolute atomic E-state index is 0.0482. The lowest BCUT2D eigenvalue weighted by Gasteiger charge is -2.06. The molecule has 1 N–H and O–H groups in total. The largest absolute Gasteiger partial charge is 0.465 e. The molecule has 0 radical (unpaired) electrons. The van der Waals surface area contributed by atoms with E-state index in [-0.39, 0.29) is 15.4 Å². The third kappa shape index (κ3) is 4.34. The van der Waals surface area contributed by atoms with Crippen molar-refractivity contribution in [3.63, 3.8) is 0 Å². The van der Waals surface area contributed by atoms with Gasteiger partial charge in [0.05, 0.1) is 19.8 Å². The molecule has 0 unspecified atom stereocenters. The number of benzene rings is 1. The summed E-state index contributed by atoms with van der Waals surface area (Å²) < 4.78 is 15.4. The number of methoxy groups -OCH3 is 2. The van der Waals surface area contributed by atoms with Crippen LogP contribution in [0.3, 0.4) is 0 Å². The molecule has 8 nitrogen and oxygen atoms in total. The number of carbonyl (C=O) groups excluding carboxylic acids is 4. The van der Waals surface area contributed by atoms with Crippen LogP contribution in [0.2, 0.25) is 0 Å². The molecule has 0 atom stereocenters. The molecule has 0 spiro atoms. The first-order valence-corrected chi connectivity index (χ1v) is 10.2. The van der Waals surface area contributed by atoms with E-state index in [0.29, 0.717) is 10.4 Å². The van der Waals surface area contributed by atoms with Crippen molar-refractivity contribution in [2.45, 2.75) is 6.92 Å². The van der Waals surface area contributed by atoms with Crippen LogP contribution in [0.1, 0.15) is 35.3 Å². The smallest absolute Gasteiger partial charge is 0.348 e. The molecule has 10 heteroatoms. The highest BCUT2D eigenvalue weighted by atomic mass is 32.1.